The van der Waals surface area contributed by atoms with E-state index in [1.165, 1.54) is 12.1 Å². The first kappa shape index (κ1) is 17.3. The quantitative estimate of drug-likeness (QED) is 0.911. The van der Waals surface area contributed by atoms with Crippen LogP contribution in [0.5, 0.6) is 5.75 Å². The zero-order valence-electron chi connectivity index (χ0n) is 12.4. The molecule has 1 N–H and O–H groups in total. The lowest BCUT2D eigenvalue weighted by atomic mass is 10.1. The van der Waals surface area contributed by atoms with Gasteiger partial charge in [0.25, 0.3) is 5.91 Å². The monoisotopic (exact) mass is 334 g/mol. The molecule has 1 amide bonds. The lowest BCUT2D eigenvalue weighted by molar-refractivity contribution is -0.153. The van der Waals surface area contributed by atoms with E-state index in [0.29, 0.717) is 11.1 Å². The third-order valence-electron chi connectivity index (χ3n) is 3.06. The maximum atomic E-state index is 12.0. The number of nitrogens with one attached hydrogen (secondary N) is 1. The highest BCUT2D eigenvalue weighted by molar-refractivity contribution is 5.94. The molecule has 0 aliphatic carbocycles. The first-order chi connectivity index (χ1) is 11.4. The Hall–Kier alpha value is -3.01. The van der Waals surface area contributed by atoms with Crippen LogP contribution in [-0.4, -0.2) is 18.7 Å². The van der Waals surface area contributed by atoms with Gasteiger partial charge in [-0.15, -0.1) is 0 Å². The van der Waals surface area contributed by atoms with Crippen LogP contribution in [0.15, 0.2) is 48.5 Å². The van der Waals surface area contributed by atoms with Crippen molar-refractivity contribution >= 4 is 5.91 Å². The summed E-state index contributed by atoms with van der Waals surface area (Å²) >= 11 is 0. The zero-order valence-corrected chi connectivity index (χ0v) is 12.4. The Morgan fingerprint density at radius 1 is 1.08 bits per heavy atom. The first-order valence-corrected chi connectivity index (χ1v) is 6.94. The standard InChI is InChI=1S/C17H13F3N2O2/c18-17(19,20)11-24-15-7-3-13(4-8-15)10-22-16(23)14-5-1-12(9-21)2-6-14/h1-8H,10-11H2,(H,22,23). The van der Waals surface area contributed by atoms with E-state index in [1.54, 1.807) is 36.4 Å². The van der Waals surface area contributed by atoms with E-state index in [0.717, 1.165) is 5.56 Å². The number of carbonyl (C=O) groups is 1. The largest absolute Gasteiger partial charge is 0.484 e. The van der Waals surface area contributed by atoms with Gasteiger partial charge in [-0.25, -0.2) is 0 Å². The molecule has 0 unspecified atom stereocenters. The Morgan fingerprint density at radius 3 is 2.25 bits per heavy atom. The number of alkyl halides is 3. The molecule has 0 radical (unpaired) electrons. The van der Waals surface area contributed by atoms with Gasteiger partial charge in [-0.1, -0.05) is 12.1 Å². The molecule has 2 aromatic rings. The molecule has 7 heteroatoms. The van der Waals surface area contributed by atoms with Gasteiger partial charge in [0.05, 0.1) is 11.6 Å². The van der Waals surface area contributed by atoms with Crippen molar-refractivity contribution in [3.8, 4) is 11.8 Å². The number of amides is 1. The van der Waals surface area contributed by atoms with Gasteiger partial charge in [0.15, 0.2) is 6.61 Å². The number of nitrogens with zero attached hydrogens (tertiary/aromatic N) is 1. The molecule has 0 saturated heterocycles. The van der Waals surface area contributed by atoms with Crippen LogP contribution >= 0.6 is 0 Å². The van der Waals surface area contributed by atoms with Crippen molar-refractivity contribution in [2.24, 2.45) is 0 Å². The summed E-state index contributed by atoms with van der Waals surface area (Å²) in [7, 11) is 0. The minimum absolute atomic E-state index is 0.106. The number of nitriles is 1. The number of benzene rings is 2. The van der Waals surface area contributed by atoms with Gasteiger partial charge in [0.1, 0.15) is 5.75 Å². The van der Waals surface area contributed by atoms with Gasteiger partial charge in [-0.3, -0.25) is 4.79 Å². The average Bonchev–Trinajstić information content (AvgIpc) is 2.58. The summed E-state index contributed by atoms with van der Waals surface area (Å²) in [5.41, 5.74) is 1.59. The Kier molecular flexibility index (Phi) is 5.42. The predicted octanol–water partition coefficient (Wildman–Crippen LogP) is 3.43. The molecule has 2 rings (SSSR count). The Balaban J connectivity index is 1.87. The Bertz CT molecular complexity index is 732. The molecule has 0 aliphatic rings. The summed E-state index contributed by atoms with van der Waals surface area (Å²) < 4.78 is 40.7. The van der Waals surface area contributed by atoms with Crippen LogP contribution in [0.2, 0.25) is 0 Å². The second kappa shape index (κ2) is 7.51. The summed E-state index contributed by atoms with van der Waals surface area (Å²) in [6, 6.07) is 14.1. The van der Waals surface area contributed by atoms with E-state index in [1.807, 2.05) is 6.07 Å². The molecule has 124 valence electrons. The highest BCUT2D eigenvalue weighted by atomic mass is 19.4. The van der Waals surface area contributed by atoms with Gasteiger partial charge in [0.2, 0.25) is 0 Å². The molecule has 2 aromatic carbocycles. The summed E-state index contributed by atoms with van der Waals surface area (Å²) in [6.07, 6.45) is -4.38. The van der Waals surface area contributed by atoms with Gasteiger partial charge >= 0.3 is 6.18 Å². The van der Waals surface area contributed by atoms with Crippen LogP contribution in [0.4, 0.5) is 13.2 Å². The third-order valence-corrected chi connectivity index (χ3v) is 3.06. The van der Waals surface area contributed by atoms with Crippen LogP contribution in [0, 0.1) is 11.3 Å². The third kappa shape index (κ3) is 5.32. The van der Waals surface area contributed by atoms with Crippen LogP contribution in [-0.2, 0) is 6.54 Å². The van der Waals surface area contributed by atoms with Crippen molar-refractivity contribution in [1.82, 2.24) is 5.32 Å². The highest BCUT2D eigenvalue weighted by Crippen LogP contribution is 2.18. The molecule has 0 aliphatic heterocycles. The van der Waals surface area contributed by atoms with Crippen molar-refractivity contribution in [3.05, 3.63) is 65.2 Å². The number of hydrogen-bond acceptors (Lipinski definition) is 3. The number of hydrogen-bond donors (Lipinski definition) is 1. The fourth-order valence-electron chi connectivity index (χ4n) is 1.85. The fraction of sp³-hybridized carbons (Fsp3) is 0.176. The number of ether oxygens (including phenoxy) is 1. The van der Waals surface area contributed by atoms with Crippen LogP contribution in [0.1, 0.15) is 21.5 Å². The molecule has 0 atom stereocenters. The normalized spacial score (nSPS) is 10.8. The van der Waals surface area contributed by atoms with E-state index in [4.69, 9.17) is 5.26 Å². The summed E-state index contributed by atoms with van der Waals surface area (Å²) in [4.78, 5) is 12.0. The zero-order chi connectivity index (χ0) is 17.6. The lowest BCUT2D eigenvalue weighted by Gasteiger charge is -2.10. The molecule has 0 saturated carbocycles. The first-order valence-electron chi connectivity index (χ1n) is 6.94. The number of halogens is 3. The van der Waals surface area contributed by atoms with Crippen LogP contribution < -0.4 is 10.1 Å². The van der Waals surface area contributed by atoms with Crippen molar-refractivity contribution in [3.63, 3.8) is 0 Å². The van der Waals surface area contributed by atoms with E-state index in [2.05, 4.69) is 10.1 Å². The summed E-state index contributed by atoms with van der Waals surface area (Å²) in [5.74, 6) is -0.202. The van der Waals surface area contributed by atoms with Gasteiger partial charge in [-0.05, 0) is 42.0 Å². The van der Waals surface area contributed by atoms with E-state index < -0.39 is 12.8 Å². The second-order valence-corrected chi connectivity index (χ2v) is 4.92. The fourth-order valence-corrected chi connectivity index (χ4v) is 1.85. The predicted molar refractivity (Wildman–Crippen MR) is 80.3 cm³/mol. The maximum absolute atomic E-state index is 12.0. The minimum atomic E-state index is -4.38. The topological polar surface area (TPSA) is 62.1 Å². The molecule has 4 nitrogen and oxygen atoms in total. The molecule has 0 heterocycles. The van der Waals surface area contributed by atoms with Gasteiger partial charge < -0.3 is 10.1 Å². The Morgan fingerprint density at radius 2 is 1.71 bits per heavy atom. The van der Waals surface area contributed by atoms with Gasteiger partial charge in [-0.2, -0.15) is 18.4 Å². The lowest BCUT2D eigenvalue weighted by Crippen LogP contribution is -2.22. The van der Waals surface area contributed by atoms with Crippen LogP contribution in [0.3, 0.4) is 0 Å². The summed E-state index contributed by atoms with van der Waals surface area (Å²) in [6.45, 7) is -1.12. The molecule has 0 aromatic heterocycles. The summed E-state index contributed by atoms with van der Waals surface area (Å²) in [5, 5.41) is 11.4. The number of rotatable bonds is 5. The molecule has 0 spiro atoms. The molecular weight excluding hydrogens is 321 g/mol. The Labute approximate surface area is 136 Å². The SMILES string of the molecule is N#Cc1ccc(C(=O)NCc2ccc(OCC(F)(F)F)cc2)cc1. The molecule has 0 bridgehead atoms. The molecule has 0 fully saturated rings. The smallest absolute Gasteiger partial charge is 0.422 e. The second-order valence-electron chi connectivity index (χ2n) is 4.92. The highest BCUT2D eigenvalue weighted by Gasteiger charge is 2.28. The van der Waals surface area contributed by atoms with E-state index in [-0.39, 0.29) is 18.2 Å². The van der Waals surface area contributed by atoms with E-state index >= 15 is 0 Å². The number of carbonyl (C=O) groups excluding carboxylic acids is 1. The maximum Gasteiger partial charge on any atom is 0.422 e. The van der Waals surface area contributed by atoms with Crippen LogP contribution in [0.25, 0.3) is 0 Å². The van der Waals surface area contributed by atoms with Crippen molar-refractivity contribution in [2.45, 2.75) is 12.7 Å². The van der Waals surface area contributed by atoms with Crippen molar-refractivity contribution < 1.29 is 22.7 Å². The van der Waals surface area contributed by atoms with Crippen molar-refractivity contribution in [2.75, 3.05) is 6.61 Å². The van der Waals surface area contributed by atoms with E-state index in [9.17, 15) is 18.0 Å². The minimum Gasteiger partial charge on any atom is -0.484 e. The average molecular weight is 334 g/mol. The van der Waals surface area contributed by atoms with Gasteiger partial charge in [0, 0.05) is 12.1 Å². The molecular formula is C17H13F3N2O2. The molecule has 24 heavy (non-hydrogen) atoms. The van der Waals surface area contributed by atoms with Crippen molar-refractivity contribution in [1.29, 1.82) is 5.26 Å².